The molecular weight excluding hydrogens is 231 g/mol. The number of rotatable bonds is 4. The third-order valence-electron chi connectivity index (χ3n) is 1.63. The first-order valence-corrected chi connectivity index (χ1v) is 4.62. The van der Waals surface area contributed by atoms with Crippen LogP contribution >= 0.6 is 0 Å². The Morgan fingerprint density at radius 1 is 0.938 bits per heavy atom. The SMILES string of the molecule is F[B-](F)(F)F.OCCN1C=CN(CCO)C1. The molecular formula is C7H14BF4N2O2-. The fourth-order valence-corrected chi connectivity index (χ4v) is 1.06. The van der Waals surface area contributed by atoms with Crippen molar-refractivity contribution >= 4 is 7.25 Å². The maximum absolute atomic E-state index is 9.75. The van der Waals surface area contributed by atoms with Crippen LogP contribution in [0.4, 0.5) is 17.3 Å². The highest BCUT2D eigenvalue weighted by atomic mass is 19.5. The van der Waals surface area contributed by atoms with E-state index in [0.29, 0.717) is 13.1 Å². The van der Waals surface area contributed by atoms with Gasteiger partial charge in [-0.3, -0.25) is 0 Å². The van der Waals surface area contributed by atoms with Gasteiger partial charge in [0.2, 0.25) is 0 Å². The highest BCUT2D eigenvalue weighted by Gasteiger charge is 2.20. The molecule has 1 aliphatic heterocycles. The number of β-amino-alcohol motifs (C(OH)–C–C–N with tert-alkyl or cyclic N) is 2. The summed E-state index contributed by atoms with van der Waals surface area (Å²) in [6.45, 7) is 2.46. The van der Waals surface area contributed by atoms with Gasteiger partial charge in [0.1, 0.15) is 0 Å². The Hall–Kier alpha value is -0.955. The van der Waals surface area contributed by atoms with Crippen LogP contribution in [0.15, 0.2) is 12.4 Å². The molecule has 1 aliphatic rings. The molecule has 1 heterocycles. The fraction of sp³-hybridized carbons (Fsp3) is 0.714. The Bertz CT molecular complexity index is 195. The van der Waals surface area contributed by atoms with Gasteiger partial charge in [0.15, 0.2) is 0 Å². The molecule has 4 nitrogen and oxygen atoms in total. The van der Waals surface area contributed by atoms with E-state index in [0.717, 1.165) is 6.67 Å². The zero-order chi connectivity index (χ0) is 12.6. The lowest BCUT2D eigenvalue weighted by Gasteiger charge is -2.19. The van der Waals surface area contributed by atoms with Crippen molar-refractivity contribution in [1.29, 1.82) is 0 Å². The first-order valence-electron chi connectivity index (χ1n) is 4.62. The molecule has 0 bridgehead atoms. The van der Waals surface area contributed by atoms with Crippen LogP contribution in [-0.4, -0.2) is 60.2 Å². The van der Waals surface area contributed by atoms with Crippen LogP contribution in [-0.2, 0) is 0 Å². The van der Waals surface area contributed by atoms with E-state index in [1.807, 2.05) is 22.2 Å². The van der Waals surface area contributed by atoms with E-state index < -0.39 is 7.25 Å². The minimum absolute atomic E-state index is 0.178. The zero-order valence-electron chi connectivity index (χ0n) is 8.57. The molecule has 0 unspecified atom stereocenters. The lowest BCUT2D eigenvalue weighted by atomic mass is 10.3. The van der Waals surface area contributed by atoms with Crippen LogP contribution in [0.2, 0.25) is 0 Å². The van der Waals surface area contributed by atoms with E-state index in [4.69, 9.17) is 10.2 Å². The zero-order valence-corrected chi connectivity index (χ0v) is 8.57. The summed E-state index contributed by atoms with van der Waals surface area (Å²) in [5, 5.41) is 17.2. The van der Waals surface area contributed by atoms with Gasteiger partial charge in [-0.25, -0.2) is 0 Å². The van der Waals surface area contributed by atoms with E-state index >= 15 is 0 Å². The summed E-state index contributed by atoms with van der Waals surface area (Å²) in [5.74, 6) is 0. The van der Waals surface area contributed by atoms with Gasteiger partial charge < -0.3 is 37.3 Å². The van der Waals surface area contributed by atoms with Gasteiger partial charge in [-0.05, 0) is 0 Å². The minimum atomic E-state index is -6.00. The van der Waals surface area contributed by atoms with Gasteiger partial charge in [-0.2, -0.15) is 0 Å². The molecule has 0 atom stereocenters. The number of hydrogen-bond acceptors (Lipinski definition) is 4. The van der Waals surface area contributed by atoms with Crippen LogP contribution in [0.25, 0.3) is 0 Å². The molecule has 9 heteroatoms. The maximum atomic E-state index is 9.75. The topological polar surface area (TPSA) is 46.9 Å². The van der Waals surface area contributed by atoms with Crippen molar-refractivity contribution in [1.82, 2.24) is 9.80 Å². The molecule has 0 aromatic rings. The van der Waals surface area contributed by atoms with Gasteiger partial charge in [0.05, 0.1) is 19.9 Å². The van der Waals surface area contributed by atoms with Crippen molar-refractivity contribution in [3.8, 4) is 0 Å². The van der Waals surface area contributed by atoms with E-state index in [1.165, 1.54) is 0 Å². The monoisotopic (exact) mass is 245 g/mol. The molecule has 0 saturated carbocycles. The summed E-state index contributed by atoms with van der Waals surface area (Å²) in [6, 6.07) is 0. The largest absolute Gasteiger partial charge is 0.673 e. The van der Waals surface area contributed by atoms with E-state index in [9.17, 15) is 17.3 Å². The first kappa shape index (κ1) is 15.0. The van der Waals surface area contributed by atoms with E-state index in [-0.39, 0.29) is 13.2 Å². The van der Waals surface area contributed by atoms with Crippen molar-refractivity contribution in [2.75, 3.05) is 33.0 Å². The highest BCUT2D eigenvalue weighted by molar-refractivity contribution is 6.50. The highest BCUT2D eigenvalue weighted by Crippen LogP contribution is 2.06. The number of halogens is 4. The van der Waals surface area contributed by atoms with Gasteiger partial charge in [0, 0.05) is 25.5 Å². The molecule has 96 valence electrons. The van der Waals surface area contributed by atoms with E-state index in [1.54, 1.807) is 0 Å². The number of aliphatic hydroxyl groups excluding tert-OH is 2. The third kappa shape index (κ3) is 9.59. The van der Waals surface area contributed by atoms with Crippen LogP contribution in [0, 0.1) is 0 Å². The Morgan fingerprint density at radius 2 is 1.25 bits per heavy atom. The minimum Gasteiger partial charge on any atom is -0.418 e. The second-order valence-corrected chi connectivity index (χ2v) is 3.01. The molecule has 0 fully saturated rings. The molecule has 0 radical (unpaired) electrons. The maximum Gasteiger partial charge on any atom is 0.673 e. The molecule has 0 amide bonds. The Balaban J connectivity index is 0.000000385. The molecule has 0 spiro atoms. The molecule has 0 aromatic heterocycles. The quantitative estimate of drug-likeness (QED) is 0.553. The molecule has 0 aliphatic carbocycles. The van der Waals surface area contributed by atoms with Crippen molar-refractivity contribution in [3.05, 3.63) is 12.4 Å². The van der Waals surface area contributed by atoms with Crippen molar-refractivity contribution in [2.45, 2.75) is 0 Å². The average Bonchev–Trinajstić information content (AvgIpc) is 2.51. The predicted molar refractivity (Wildman–Crippen MR) is 51.8 cm³/mol. The summed E-state index contributed by atoms with van der Waals surface area (Å²) in [6.07, 6.45) is 3.84. The van der Waals surface area contributed by atoms with Gasteiger partial charge in [-0.15, -0.1) is 0 Å². The average molecular weight is 245 g/mol. The Labute approximate surface area is 90.9 Å². The Morgan fingerprint density at radius 3 is 1.50 bits per heavy atom. The summed E-state index contributed by atoms with van der Waals surface area (Å²) in [4.78, 5) is 3.99. The van der Waals surface area contributed by atoms with Crippen LogP contribution in [0.5, 0.6) is 0 Å². The van der Waals surface area contributed by atoms with Crippen LogP contribution < -0.4 is 0 Å². The summed E-state index contributed by atoms with van der Waals surface area (Å²) in [7, 11) is -6.00. The van der Waals surface area contributed by atoms with Crippen molar-refractivity contribution < 1.29 is 27.5 Å². The fourth-order valence-electron chi connectivity index (χ4n) is 1.06. The molecule has 1 rings (SSSR count). The smallest absolute Gasteiger partial charge is 0.418 e. The predicted octanol–water partition coefficient (Wildman–Crippen LogP) is 0.317. The lowest BCUT2D eigenvalue weighted by Crippen LogP contribution is -2.29. The molecule has 2 N–H and O–H groups in total. The van der Waals surface area contributed by atoms with Crippen molar-refractivity contribution in [3.63, 3.8) is 0 Å². The van der Waals surface area contributed by atoms with E-state index in [2.05, 4.69) is 0 Å². The lowest BCUT2D eigenvalue weighted by molar-refractivity contribution is 0.183. The second-order valence-electron chi connectivity index (χ2n) is 3.01. The normalized spacial score (nSPS) is 15.1. The summed E-state index contributed by atoms with van der Waals surface area (Å²) < 4.78 is 39.0. The molecule has 0 aromatic carbocycles. The van der Waals surface area contributed by atoms with Gasteiger partial charge in [-0.1, -0.05) is 0 Å². The second kappa shape index (κ2) is 7.34. The number of nitrogens with zero attached hydrogens (tertiary/aromatic N) is 2. The molecule has 16 heavy (non-hydrogen) atoms. The standard InChI is InChI=1S/C7H14N2O2.BF4/c10-5-3-8-1-2-9(7-8)4-6-11;2-1(3,4)5/h1-2,10-11H,3-7H2;/q;-1. The Kier molecular flexibility index (Phi) is 6.90. The first-order chi connectivity index (χ1) is 7.36. The van der Waals surface area contributed by atoms with Gasteiger partial charge in [0.25, 0.3) is 0 Å². The van der Waals surface area contributed by atoms with Gasteiger partial charge >= 0.3 is 7.25 Å². The number of hydrogen-bond donors (Lipinski definition) is 2. The summed E-state index contributed by atoms with van der Waals surface area (Å²) >= 11 is 0. The van der Waals surface area contributed by atoms with Crippen LogP contribution in [0.3, 0.4) is 0 Å². The van der Waals surface area contributed by atoms with Crippen molar-refractivity contribution in [2.24, 2.45) is 0 Å². The molecule has 0 saturated heterocycles. The summed E-state index contributed by atoms with van der Waals surface area (Å²) in [5.41, 5.74) is 0. The number of aliphatic hydroxyl groups is 2. The third-order valence-corrected chi connectivity index (χ3v) is 1.63. The van der Waals surface area contributed by atoms with Crippen LogP contribution in [0.1, 0.15) is 0 Å².